The summed E-state index contributed by atoms with van der Waals surface area (Å²) in [7, 11) is 2.98. The average Bonchev–Trinajstić information content (AvgIpc) is 2.19. The van der Waals surface area contributed by atoms with E-state index >= 15 is 0 Å². The Hall–Kier alpha value is -0.230. The molecule has 1 atom stereocenters. The van der Waals surface area contributed by atoms with E-state index in [0.717, 1.165) is 5.03 Å². The van der Waals surface area contributed by atoms with Crippen molar-refractivity contribution in [2.45, 2.75) is 11.1 Å². The van der Waals surface area contributed by atoms with Gasteiger partial charge in [-0.2, -0.15) is 0 Å². The number of rotatable bonds is 5. The quantitative estimate of drug-likeness (QED) is 0.725. The summed E-state index contributed by atoms with van der Waals surface area (Å²) in [5.41, 5.74) is 0. The maximum atomic E-state index is 9.03. The molecule has 0 spiro atoms. The van der Waals surface area contributed by atoms with Crippen LogP contribution < -0.4 is 0 Å². The van der Waals surface area contributed by atoms with E-state index in [0.29, 0.717) is 5.75 Å². The second-order valence-electron chi connectivity index (χ2n) is 2.37. The molecule has 3 nitrogen and oxygen atoms in total. The fraction of sp³-hybridized carbons (Fsp3) is 0.375. The van der Waals surface area contributed by atoms with Crippen molar-refractivity contribution in [3.8, 4) is 0 Å². The second-order valence-corrected chi connectivity index (χ2v) is 4.73. The summed E-state index contributed by atoms with van der Waals surface area (Å²) in [4.78, 5) is 4.10. The molecular formula is C8H11NO2S2. The van der Waals surface area contributed by atoms with Crippen LogP contribution in [0, 0.1) is 0 Å². The first-order valence-corrected chi connectivity index (χ1v) is 6.14. The largest absolute Gasteiger partial charge is 0.394 e. The highest BCUT2D eigenvalue weighted by molar-refractivity contribution is 8.76. The first kappa shape index (κ1) is 10.8. The summed E-state index contributed by atoms with van der Waals surface area (Å²) in [5, 5.41) is 18.5. The maximum absolute atomic E-state index is 9.03. The maximum Gasteiger partial charge on any atom is 0.106 e. The number of hydrogen-bond acceptors (Lipinski definition) is 5. The Morgan fingerprint density at radius 3 is 2.92 bits per heavy atom. The van der Waals surface area contributed by atoms with Crippen molar-refractivity contribution in [2.75, 3.05) is 12.4 Å². The molecule has 0 saturated carbocycles. The molecule has 0 aliphatic heterocycles. The lowest BCUT2D eigenvalue weighted by atomic mass is 10.4. The van der Waals surface area contributed by atoms with Gasteiger partial charge in [-0.25, -0.2) is 4.98 Å². The van der Waals surface area contributed by atoms with Crippen LogP contribution in [0.2, 0.25) is 0 Å². The minimum atomic E-state index is -0.638. The summed E-state index contributed by atoms with van der Waals surface area (Å²) in [5.74, 6) is 0.512. The van der Waals surface area contributed by atoms with Gasteiger partial charge in [-0.05, 0) is 22.9 Å². The summed E-state index contributed by atoms with van der Waals surface area (Å²) in [6.07, 6.45) is 1.09. The summed E-state index contributed by atoms with van der Waals surface area (Å²) >= 11 is 0. The SMILES string of the molecule is OC[C@@H](O)CSSc1ccccn1. The van der Waals surface area contributed by atoms with Gasteiger partial charge in [0.25, 0.3) is 0 Å². The standard InChI is InChI=1S/C8H11NO2S2/c10-5-7(11)6-12-13-8-3-1-2-4-9-8/h1-4,7,10-11H,5-6H2/t7-/m1/s1. The van der Waals surface area contributed by atoms with Gasteiger partial charge in [0, 0.05) is 11.9 Å². The molecule has 0 unspecified atom stereocenters. The van der Waals surface area contributed by atoms with Crippen LogP contribution in [0.15, 0.2) is 29.4 Å². The highest BCUT2D eigenvalue weighted by Gasteiger charge is 2.02. The predicted octanol–water partition coefficient (Wildman–Crippen LogP) is 1.18. The van der Waals surface area contributed by atoms with Crippen LogP contribution >= 0.6 is 21.6 Å². The molecule has 0 radical (unpaired) electrons. The van der Waals surface area contributed by atoms with Crippen LogP contribution in [0.25, 0.3) is 0 Å². The van der Waals surface area contributed by atoms with Crippen molar-refractivity contribution >= 4 is 21.6 Å². The Labute approximate surface area is 85.0 Å². The molecule has 0 amide bonds. The Kier molecular flexibility index (Phi) is 5.22. The van der Waals surface area contributed by atoms with Crippen molar-refractivity contribution in [3.63, 3.8) is 0 Å². The predicted molar refractivity (Wildman–Crippen MR) is 55.6 cm³/mol. The van der Waals surface area contributed by atoms with Gasteiger partial charge in [-0.3, -0.25) is 0 Å². The number of aliphatic hydroxyl groups is 2. The lowest BCUT2D eigenvalue weighted by Gasteiger charge is -2.04. The summed E-state index contributed by atoms with van der Waals surface area (Å²) in [6.45, 7) is -0.185. The summed E-state index contributed by atoms with van der Waals surface area (Å²) in [6, 6.07) is 5.68. The Morgan fingerprint density at radius 2 is 2.31 bits per heavy atom. The number of hydrogen-bond donors (Lipinski definition) is 2. The van der Waals surface area contributed by atoms with Crippen molar-refractivity contribution in [1.82, 2.24) is 4.98 Å². The minimum absolute atomic E-state index is 0.185. The van der Waals surface area contributed by atoms with Gasteiger partial charge >= 0.3 is 0 Å². The second kappa shape index (κ2) is 6.26. The molecule has 0 saturated heterocycles. The first-order valence-electron chi connectivity index (χ1n) is 3.82. The molecule has 0 fully saturated rings. The molecule has 0 aromatic carbocycles. The van der Waals surface area contributed by atoms with E-state index in [9.17, 15) is 0 Å². The zero-order valence-corrected chi connectivity index (χ0v) is 8.59. The van der Waals surface area contributed by atoms with Gasteiger partial charge in [-0.15, -0.1) is 0 Å². The number of aromatic nitrogens is 1. The van der Waals surface area contributed by atoms with E-state index in [4.69, 9.17) is 10.2 Å². The van der Waals surface area contributed by atoms with Gasteiger partial charge in [-0.1, -0.05) is 16.9 Å². The van der Waals surface area contributed by atoms with E-state index in [1.807, 2.05) is 18.2 Å². The van der Waals surface area contributed by atoms with E-state index in [-0.39, 0.29) is 6.61 Å². The van der Waals surface area contributed by atoms with Gasteiger partial charge in [0.2, 0.25) is 0 Å². The fourth-order valence-electron chi connectivity index (χ4n) is 0.622. The topological polar surface area (TPSA) is 53.4 Å². The van der Waals surface area contributed by atoms with Crippen LogP contribution in [0.1, 0.15) is 0 Å². The zero-order valence-electron chi connectivity index (χ0n) is 6.96. The Morgan fingerprint density at radius 1 is 1.46 bits per heavy atom. The third-order valence-electron chi connectivity index (χ3n) is 1.25. The summed E-state index contributed by atoms with van der Waals surface area (Å²) < 4.78 is 0. The highest BCUT2D eigenvalue weighted by atomic mass is 33.1. The van der Waals surface area contributed by atoms with Crippen molar-refractivity contribution < 1.29 is 10.2 Å². The fourth-order valence-corrected chi connectivity index (χ4v) is 2.64. The van der Waals surface area contributed by atoms with Crippen LogP contribution in [-0.2, 0) is 0 Å². The third kappa shape index (κ3) is 4.52. The molecule has 72 valence electrons. The molecule has 5 heteroatoms. The number of aliphatic hydroxyl groups excluding tert-OH is 2. The molecule has 1 heterocycles. The molecule has 2 N–H and O–H groups in total. The Bertz CT molecular complexity index is 233. The molecule has 1 rings (SSSR count). The van der Waals surface area contributed by atoms with Gasteiger partial charge < -0.3 is 10.2 Å². The average molecular weight is 217 g/mol. The smallest absolute Gasteiger partial charge is 0.106 e. The normalized spacial score (nSPS) is 12.8. The monoisotopic (exact) mass is 217 g/mol. The van der Waals surface area contributed by atoms with Crippen LogP contribution in [0.3, 0.4) is 0 Å². The van der Waals surface area contributed by atoms with Crippen LogP contribution in [0.5, 0.6) is 0 Å². The van der Waals surface area contributed by atoms with E-state index in [1.54, 1.807) is 6.20 Å². The van der Waals surface area contributed by atoms with Crippen molar-refractivity contribution in [3.05, 3.63) is 24.4 Å². The number of nitrogens with zero attached hydrogens (tertiary/aromatic N) is 1. The number of pyridine rings is 1. The molecule has 13 heavy (non-hydrogen) atoms. The minimum Gasteiger partial charge on any atom is -0.394 e. The zero-order chi connectivity index (χ0) is 9.52. The molecule has 1 aromatic heterocycles. The third-order valence-corrected chi connectivity index (χ3v) is 3.58. The lowest BCUT2D eigenvalue weighted by molar-refractivity contribution is 0.114. The van der Waals surface area contributed by atoms with Crippen molar-refractivity contribution in [1.29, 1.82) is 0 Å². The van der Waals surface area contributed by atoms with E-state index in [1.165, 1.54) is 21.6 Å². The molecule has 0 bridgehead atoms. The van der Waals surface area contributed by atoms with Crippen molar-refractivity contribution in [2.24, 2.45) is 0 Å². The molecule has 0 aliphatic rings. The van der Waals surface area contributed by atoms with Gasteiger partial charge in [0.05, 0.1) is 12.7 Å². The molecular weight excluding hydrogens is 206 g/mol. The van der Waals surface area contributed by atoms with E-state index < -0.39 is 6.10 Å². The first-order chi connectivity index (χ1) is 6.33. The lowest BCUT2D eigenvalue weighted by Crippen LogP contribution is -2.13. The Balaban J connectivity index is 2.20. The van der Waals surface area contributed by atoms with Gasteiger partial charge in [0.1, 0.15) is 5.03 Å². The highest BCUT2D eigenvalue weighted by Crippen LogP contribution is 2.29. The van der Waals surface area contributed by atoms with Crippen LogP contribution in [-0.4, -0.2) is 33.7 Å². The van der Waals surface area contributed by atoms with Crippen LogP contribution in [0.4, 0.5) is 0 Å². The molecule has 0 aliphatic carbocycles. The molecule has 1 aromatic rings. The van der Waals surface area contributed by atoms with E-state index in [2.05, 4.69) is 4.98 Å². The van der Waals surface area contributed by atoms with Gasteiger partial charge in [0.15, 0.2) is 0 Å².